The second kappa shape index (κ2) is 8.74. The van der Waals surface area contributed by atoms with E-state index in [-0.39, 0.29) is 0 Å². The van der Waals surface area contributed by atoms with Gasteiger partial charge >= 0.3 is 0 Å². The monoisotopic (exact) mass is 516 g/mol. The van der Waals surface area contributed by atoms with E-state index in [0.29, 0.717) is 11.8 Å². The number of H-pyrrole nitrogens is 2. The lowest BCUT2D eigenvalue weighted by molar-refractivity contribution is 0.692. The quantitative estimate of drug-likeness (QED) is 0.224. The zero-order valence-corrected chi connectivity index (χ0v) is 22.6. The molecule has 0 amide bonds. The predicted octanol–water partition coefficient (Wildman–Crippen LogP) is 8.57. The highest BCUT2D eigenvalue weighted by atomic mass is 32.1. The SMILES string of the molecule is CCC(C)c1nc2c3ccc(-c4cc5ccc(-c6cnc(C(C)C)[nH]6)cc5s4)cc3c3nccnc3c2[nH]1. The standard InChI is InChI=1S/C31H28N6S/c1-5-17(4)31-36-27-21-9-8-19(12-22(21)26-28(29(27)37-31)33-11-10-32-26)25-14-20-7-6-18(13-24(20)38-25)23-15-34-30(35-23)16(2)3/h6-17H,5H2,1-4H3,(H,34,35)(H,36,37). The van der Waals surface area contributed by atoms with Gasteiger partial charge in [-0.1, -0.05) is 52.0 Å². The van der Waals surface area contributed by atoms with E-state index < -0.39 is 0 Å². The van der Waals surface area contributed by atoms with Crippen molar-refractivity contribution in [2.45, 2.75) is 46.0 Å². The van der Waals surface area contributed by atoms with Gasteiger partial charge in [-0.15, -0.1) is 11.3 Å². The number of benzene rings is 3. The van der Waals surface area contributed by atoms with Crippen LogP contribution in [0, 0.1) is 0 Å². The van der Waals surface area contributed by atoms with E-state index in [1.807, 2.05) is 17.5 Å². The molecule has 1 unspecified atom stereocenters. The topological polar surface area (TPSA) is 83.1 Å². The van der Waals surface area contributed by atoms with Crippen LogP contribution < -0.4 is 0 Å². The number of fused-ring (bicyclic) bond motifs is 7. The third-order valence-electron chi connectivity index (χ3n) is 7.52. The molecular formula is C31H28N6S. The summed E-state index contributed by atoms with van der Waals surface area (Å²) in [7, 11) is 0. The molecule has 7 rings (SSSR count). The molecule has 3 aromatic carbocycles. The number of imidazole rings is 2. The molecule has 0 aliphatic heterocycles. The zero-order valence-electron chi connectivity index (χ0n) is 21.8. The molecule has 2 N–H and O–H groups in total. The Hall–Kier alpha value is -4.10. The van der Waals surface area contributed by atoms with Gasteiger partial charge in [0.2, 0.25) is 0 Å². The van der Waals surface area contributed by atoms with E-state index in [9.17, 15) is 0 Å². The van der Waals surface area contributed by atoms with Gasteiger partial charge in [0.1, 0.15) is 17.2 Å². The number of nitrogens with zero attached hydrogens (tertiary/aromatic N) is 4. The van der Waals surface area contributed by atoms with Gasteiger partial charge < -0.3 is 9.97 Å². The average molecular weight is 517 g/mol. The molecule has 7 heteroatoms. The van der Waals surface area contributed by atoms with E-state index >= 15 is 0 Å². The summed E-state index contributed by atoms with van der Waals surface area (Å²) in [5.41, 5.74) is 7.10. The Kier molecular flexibility index (Phi) is 5.30. The van der Waals surface area contributed by atoms with Crippen LogP contribution in [0.4, 0.5) is 0 Å². The van der Waals surface area contributed by atoms with Crippen molar-refractivity contribution in [1.82, 2.24) is 29.9 Å². The molecule has 0 saturated carbocycles. The minimum atomic E-state index is 0.352. The molecule has 0 bridgehead atoms. The molecule has 6 nitrogen and oxygen atoms in total. The van der Waals surface area contributed by atoms with Crippen LogP contribution in [-0.4, -0.2) is 29.9 Å². The first-order valence-corrected chi connectivity index (χ1v) is 14.0. The summed E-state index contributed by atoms with van der Waals surface area (Å²) in [4.78, 5) is 27.3. The van der Waals surface area contributed by atoms with Crippen LogP contribution in [0.2, 0.25) is 0 Å². The number of rotatable bonds is 5. The summed E-state index contributed by atoms with van der Waals surface area (Å²) in [6.45, 7) is 8.69. The Morgan fingerprint density at radius 2 is 1.61 bits per heavy atom. The zero-order chi connectivity index (χ0) is 26.0. The first kappa shape index (κ1) is 23.0. The number of thiophene rings is 1. The second-order valence-electron chi connectivity index (χ2n) is 10.4. The largest absolute Gasteiger partial charge is 0.342 e. The number of nitrogens with one attached hydrogen (secondary N) is 2. The molecule has 4 aromatic heterocycles. The van der Waals surface area contributed by atoms with Crippen molar-refractivity contribution in [3.8, 4) is 21.7 Å². The predicted molar refractivity (Wildman–Crippen MR) is 158 cm³/mol. The van der Waals surface area contributed by atoms with Crippen molar-refractivity contribution < 1.29 is 0 Å². The Bertz CT molecular complexity index is 1980. The molecule has 0 aliphatic rings. The molecule has 38 heavy (non-hydrogen) atoms. The number of aromatic amines is 2. The average Bonchev–Trinajstić information content (AvgIpc) is 3.70. The molecule has 0 aliphatic carbocycles. The van der Waals surface area contributed by atoms with Gasteiger partial charge in [0.05, 0.1) is 28.4 Å². The minimum absolute atomic E-state index is 0.352. The fraction of sp³-hybridized carbons (Fsp3) is 0.226. The van der Waals surface area contributed by atoms with Crippen LogP contribution in [0.25, 0.3) is 64.6 Å². The third kappa shape index (κ3) is 3.61. The fourth-order valence-corrected chi connectivity index (χ4v) is 6.22. The van der Waals surface area contributed by atoms with Crippen molar-refractivity contribution in [2.75, 3.05) is 0 Å². The van der Waals surface area contributed by atoms with Gasteiger partial charge in [-0.2, -0.15) is 0 Å². The molecule has 4 heterocycles. The van der Waals surface area contributed by atoms with Gasteiger partial charge in [0.25, 0.3) is 0 Å². The highest BCUT2D eigenvalue weighted by molar-refractivity contribution is 7.22. The lowest BCUT2D eigenvalue weighted by Crippen LogP contribution is -1.93. The van der Waals surface area contributed by atoms with Crippen LogP contribution in [-0.2, 0) is 0 Å². The van der Waals surface area contributed by atoms with Crippen LogP contribution in [0.3, 0.4) is 0 Å². The maximum atomic E-state index is 5.02. The maximum absolute atomic E-state index is 5.02. The molecule has 188 valence electrons. The number of hydrogen-bond donors (Lipinski definition) is 2. The highest BCUT2D eigenvalue weighted by Gasteiger charge is 2.18. The summed E-state index contributed by atoms with van der Waals surface area (Å²) in [6, 6.07) is 15.5. The van der Waals surface area contributed by atoms with E-state index in [1.165, 1.54) is 20.5 Å². The third-order valence-corrected chi connectivity index (χ3v) is 8.67. The van der Waals surface area contributed by atoms with E-state index in [2.05, 4.69) is 85.1 Å². The summed E-state index contributed by atoms with van der Waals surface area (Å²) in [5.74, 6) is 2.74. The molecule has 0 radical (unpaired) electrons. The minimum Gasteiger partial charge on any atom is -0.342 e. The lowest BCUT2D eigenvalue weighted by Gasteiger charge is -2.06. The molecule has 0 fully saturated rings. The molecule has 7 aromatic rings. The Morgan fingerprint density at radius 3 is 2.39 bits per heavy atom. The van der Waals surface area contributed by atoms with Gasteiger partial charge in [0, 0.05) is 50.1 Å². The fourth-order valence-electron chi connectivity index (χ4n) is 5.12. The smallest absolute Gasteiger partial charge is 0.115 e. The summed E-state index contributed by atoms with van der Waals surface area (Å²) >= 11 is 1.81. The first-order chi connectivity index (χ1) is 18.5. The van der Waals surface area contributed by atoms with E-state index in [4.69, 9.17) is 15.0 Å². The summed E-state index contributed by atoms with van der Waals surface area (Å²) in [6.07, 6.45) is 6.49. The van der Waals surface area contributed by atoms with Crippen molar-refractivity contribution in [3.63, 3.8) is 0 Å². The van der Waals surface area contributed by atoms with Gasteiger partial charge in [-0.25, -0.2) is 9.97 Å². The van der Waals surface area contributed by atoms with Crippen LogP contribution in [0.15, 0.2) is 61.1 Å². The summed E-state index contributed by atoms with van der Waals surface area (Å²) in [5, 5.41) is 3.42. The lowest BCUT2D eigenvalue weighted by atomic mass is 10.0. The highest BCUT2D eigenvalue weighted by Crippen LogP contribution is 2.39. The molecule has 0 spiro atoms. The van der Waals surface area contributed by atoms with Crippen LogP contribution in [0.5, 0.6) is 0 Å². The normalized spacial score (nSPS) is 13.0. The first-order valence-electron chi connectivity index (χ1n) is 13.2. The van der Waals surface area contributed by atoms with Crippen LogP contribution >= 0.6 is 11.3 Å². The van der Waals surface area contributed by atoms with Gasteiger partial charge in [-0.3, -0.25) is 9.97 Å². The van der Waals surface area contributed by atoms with E-state index in [0.717, 1.165) is 62.2 Å². The van der Waals surface area contributed by atoms with Gasteiger partial charge in [-0.05, 0) is 35.6 Å². The second-order valence-corrected chi connectivity index (χ2v) is 11.5. The van der Waals surface area contributed by atoms with Crippen molar-refractivity contribution in [3.05, 3.63) is 72.7 Å². The maximum Gasteiger partial charge on any atom is 0.115 e. The van der Waals surface area contributed by atoms with Crippen molar-refractivity contribution >= 4 is 54.3 Å². The Labute approximate surface area is 224 Å². The van der Waals surface area contributed by atoms with Gasteiger partial charge in [0.15, 0.2) is 0 Å². The Balaban J connectivity index is 1.37. The molecular weight excluding hydrogens is 488 g/mol. The van der Waals surface area contributed by atoms with Crippen LogP contribution in [0.1, 0.15) is 57.6 Å². The van der Waals surface area contributed by atoms with Crippen molar-refractivity contribution in [1.29, 1.82) is 0 Å². The number of aromatic nitrogens is 6. The molecule has 1 atom stereocenters. The molecule has 0 saturated heterocycles. The number of hydrogen-bond acceptors (Lipinski definition) is 5. The Morgan fingerprint density at radius 1 is 0.789 bits per heavy atom. The summed E-state index contributed by atoms with van der Waals surface area (Å²) < 4.78 is 1.25. The van der Waals surface area contributed by atoms with Crippen molar-refractivity contribution in [2.24, 2.45) is 0 Å². The van der Waals surface area contributed by atoms with E-state index in [1.54, 1.807) is 12.4 Å².